The summed E-state index contributed by atoms with van der Waals surface area (Å²) >= 11 is 1.47. The third-order valence-corrected chi connectivity index (χ3v) is 5.69. The van der Waals surface area contributed by atoms with Crippen molar-refractivity contribution in [3.63, 3.8) is 0 Å². The molecule has 0 fully saturated rings. The first-order valence-corrected chi connectivity index (χ1v) is 10.8. The van der Waals surface area contributed by atoms with Crippen molar-refractivity contribution in [3.05, 3.63) is 92.6 Å². The Morgan fingerprint density at radius 3 is 2.35 bits per heavy atom. The van der Waals surface area contributed by atoms with E-state index in [9.17, 15) is 10.1 Å². The molecule has 160 valence electrons. The molecular formula is C24H26N4O2S. The number of rotatable bonds is 6. The molecule has 1 aromatic heterocycles. The van der Waals surface area contributed by atoms with Crippen LogP contribution in [0.15, 0.2) is 76.7 Å². The molecule has 7 heteroatoms. The number of nitro groups is 1. The summed E-state index contributed by atoms with van der Waals surface area (Å²) in [7, 11) is 0. The standard InChI is InChI=1S/C24H26N4O2S/c1-6-15-25-23-27(22(16-31-23)19-9-13-21(14-10-19)28(29)30)26-17(2)18-7-11-20(12-8-18)24(3,4)5/h6-14,16H,1,15H2,2-5H3/b25-23?,26-17-. The first-order valence-electron chi connectivity index (χ1n) is 9.94. The average molecular weight is 435 g/mol. The maximum absolute atomic E-state index is 11.0. The largest absolute Gasteiger partial charge is 0.269 e. The number of nitrogens with zero attached hydrogens (tertiary/aromatic N) is 4. The highest BCUT2D eigenvalue weighted by Crippen LogP contribution is 2.24. The smallest absolute Gasteiger partial charge is 0.258 e. The summed E-state index contributed by atoms with van der Waals surface area (Å²) in [6.07, 6.45) is 1.73. The number of benzene rings is 2. The predicted octanol–water partition coefficient (Wildman–Crippen LogP) is 5.78. The van der Waals surface area contributed by atoms with E-state index in [1.165, 1.54) is 29.0 Å². The minimum atomic E-state index is -0.403. The summed E-state index contributed by atoms with van der Waals surface area (Å²) in [5.74, 6) is 0. The van der Waals surface area contributed by atoms with E-state index in [4.69, 9.17) is 5.10 Å². The number of thiazole rings is 1. The zero-order valence-corrected chi connectivity index (χ0v) is 19.0. The minimum Gasteiger partial charge on any atom is -0.258 e. The number of hydrogen-bond acceptors (Lipinski definition) is 5. The monoisotopic (exact) mass is 434 g/mol. The van der Waals surface area contributed by atoms with E-state index < -0.39 is 4.92 Å². The Labute approximate surface area is 186 Å². The van der Waals surface area contributed by atoms with Crippen molar-refractivity contribution >= 4 is 22.7 Å². The van der Waals surface area contributed by atoms with Gasteiger partial charge in [-0.2, -0.15) is 5.10 Å². The highest BCUT2D eigenvalue weighted by atomic mass is 32.1. The van der Waals surface area contributed by atoms with Gasteiger partial charge in [-0.25, -0.2) is 4.68 Å². The Morgan fingerprint density at radius 1 is 1.16 bits per heavy atom. The first kappa shape index (κ1) is 22.4. The molecule has 0 spiro atoms. The van der Waals surface area contributed by atoms with E-state index in [-0.39, 0.29) is 11.1 Å². The second-order valence-corrected chi connectivity index (χ2v) is 9.00. The lowest BCUT2D eigenvalue weighted by Crippen LogP contribution is -2.15. The summed E-state index contributed by atoms with van der Waals surface area (Å²) in [6.45, 7) is 12.7. The highest BCUT2D eigenvalue weighted by molar-refractivity contribution is 7.07. The first-order chi connectivity index (χ1) is 14.7. The molecule has 0 aliphatic heterocycles. The zero-order chi connectivity index (χ0) is 22.6. The third-order valence-electron chi connectivity index (χ3n) is 4.83. The molecular weight excluding hydrogens is 408 g/mol. The third kappa shape index (κ3) is 5.24. The van der Waals surface area contributed by atoms with E-state index in [1.807, 2.05) is 12.3 Å². The fourth-order valence-corrected chi connectivity index (χ4v) is 3.86. The van der Waals surface area contributed by atoms with Crippen molar-refractivity contribution < 1.29 is 4.92 Å². The normalized spacial score (nSPS) is 12.8. The molecule has 0 aliphatic carbocycles. The number of hydrogen-bond donors (Lipinski definition) is 0. The maximum Gasteiger partial charge on any atom is 0.269 e. The van der Waals surface area contributed by atoms with Crippen LogP contribution in [0, 0.1) is 10.1 Å². The van der Waals surface area contributed by atoms with Crippen LogP contribution in [0.1, 0.15) is 38.8 Å². The Bertz CT molecular complexity index is 1180. The molecule has 1 heterocycles. The molecule has 0 saturated carbocycles. The quantitative estimate of drug-likeness (QED) is 0.213. The van der Waals surface area contributed by atoms with Gasteiger partial charge in [0.1, 0.15) is 0 Å². The van der Waals surface area contributed by atoms with Crippen LogP contribution in [0.25, 0.3) is 11.3 Å². The second kappa shape index (κ2) is 9.22. The fraction of sp³-hybridized carbons (Fsp3) is 0.250. The number of aromatic nitrogens is 1. The highest BCUT2D eigenvalue weighted by Gasteiger charge is 2.14. The SMILES string of the molecule is C=CCN=c1scc(-c2ccc([N+](=O)[O-])cc2)n1/N=C(/C)c1ccc(C(C)(C)C)cc1. The van der Waals surface area contributed by atoms with Gasteiger partial charge in [0.25, 0.3) is 5.69 Å². The van der Waals surface area contributed by atoms with Crippen LogP contribution >= 0.6 is 11.3 Å². The lowest BCUT2D eigenvalue weighted by molar-refractivity contribution is -0.384. The molecule has 0 bridgehead atoms. The lowest BCUT2D eigenvalue weighted by atomic mass is 9.86. The lowest BCUT2D eigenvalue weighted by Gasteiger charge is -2.19. The van der Waals surface area contributed by atoms with Crippen molar-refractivity contribution in [3.8, 4) is 11.3 Å². The molecule has 0 saturated heterocycles. The molecule has 0 radical (unpaired) electrons. The molecule has 0 atom stereocenters. The zero-order valence-electron chi connectivity index (χ0n) is 18.2. The minimum absolute atomic E-state index is 0.0562. The van der Waals surface area contributed by atoms with Crippen LogP contribution in [-0.4, -0.2) is 21.9 Å². The Kier molecular flexibility index (Phi) is 6.65. The Balaban J connectivity index is 2.06. The Morgan fingerprint density at radius 2 is 1.81 bits per heavy atom. The Hall–Kier alpha value is -3.32. The molecule has 3 aromatic rings. The van der Waals surface area contributed by atoms with E-state index in [2.05, 4.69) is 56.6 Å². The average Bonchev–Trinajstić information content (AvgIpc) is 3.14. The van der Waals surface area contributed by atoms with Crippen molar-refractivity contribution in [2.24, 2.45) is 10.1 Å². The van der Waals surface area contributed by atoms with Crippen molar-refractivity contribution in [1.29, 1.82) is 0 Å². The molecule has 31 heavy (non-hydrogen) atoms. The molecule has 0 amide bonds. The van der Waals surface area contributed by atoms with Crippen LogP contribution in [0.3, 0.4) is 0 Å². The van der Waals surface area contributed by atoms with E-state index in [0.29, 0.717) is 6.54 Å². The van der Waals surface area contributed by atoms with E-state index in [1.54, 1.807) is 22.9 Å². The molecule has 6 nitrogen and oxygen atoms in total. The van der Waals surface area contributed by atoms with Gasteiger partial charge in [0.15, 0.2) is 0 Å². The van der Waals surface area contributed by atoms with Crippen LogP contribution in [0.5, 0.6) is 0 Å². The van der Waals surface area contributed by atoms with E-state index >= 15 is 0 Å². The van der Waals surface area contributed by atoms with Gasteiger partial charge >= 0.3 is 0 Å². The summed E-state index contributed by atoms with van der Waals surface area (Å²) in [4.78, 5) is 15.9. The van der Waals surface area contributed by atoms with Gasteiger partial charge in [-0.05, 0) is 35.6 Å². The van der Waals surface area contributed by atoms with Gasteiger partial charge in [0, 0.05) is 23.1 Å². The van der Waals surface area contributed by atoms with Crippen LogP contribution in [0.2, 0.25) is 0 Å². The van der Waals surface area contributed by atoms with Crippen LogP contribution in [0.4, 0.5) is 5.69 Å². The summed E-state index contributed by atoms with van der Waals surface area (Å²) in [5.41, 5.74) is 4.94. The molecule has 3 rings (SSSR count). The topological polar surface area (TPSA) is 72.8 Å². The second-order valence-electron chi connectivity index (χ2n) is 8.16. The van der Waals surface area contributed by atoms with Crippen molar-refractivity contribution in [2.75, 3.05) is 6.54 Å². The summed E-state index contributed by atoms with van der Waals surface area (Å²) in [6, 6.07) is 14.9. The predicted molar refractivity (Wildman–Crippen MR) is 128 cm³/mol. The van der Waals surface area contributed by atoms with Crippen LogP contribution < -0.4 is 4.80 Å². The summed E-state index contributed by atoms with van der Waals surface area (Å²) in [5, 5.41) is 17.8. The van der Waals surface area contributed by atoms with Crippen LogP contribution in [-0.2, 0) is 5.41 Å². The number of nitro benzene ring substituents is 1. The molecule has 0 unspecified atom stereocenters. The van der Waals surface area contributed by atoms with Gasteiger partial charge in [-0.3, -0.25) is 15.1 Å². The maximum atomic E-state index is 11.0. The van der Waals surface area contributed by atoms with Gasteiger partial charge in [-0.15, -0.1) is 17.9 Å². The fourth-order valence-electron chi connectivity index (χ4n) is 3.02. The van der Waals surface area contributed by atoms with E-state index in [0.717, 1.165) is 27.3 Å². The van der Waals surface area contributed by atoms with Crippen molar-refractivity contribution in [1.82, 2.24) is 4.68 Å². The molecule has 0 N–H and O–H groups in total. The molecule has 2 aromatic carbocycles. The van der Waals surface area contributed by atoms with Gasteiger partial charge in [-0.1, -0.05) is 51.1 Å². The number of non-ortho nitro benzene ring substituents is 1. The van der Waals surface area contributed by atoms with Gasteiger partial charge in [0.2, 0.25) is 4.80 Å². The summed E-state index contributed by atoms with van der Waals surface area (Å²) < 4.78 is 1.79. The van der Waals surface area contributed by atoms with Gasteiger partial charge < -0.3 is 0 Å². The molecule has 0 aliphatic rings. The van der Waals surface area contributed by atoms with Crippen molar-refractivity contribution in [2.45, 2.75) is 33.1 Å². The van der Waals surface area contributed by atoms with Gasteiger partial charge in [0.05, 0.1) is 22.9 Å².